The van der Waals surface area contributed by atoms with Crippen molar-refractivity contribution in [2.24, 2.45) is 0 Å². The number of rotatable bonds is 0. The van der Waals surface area contributed by atoms with Gasteiger partial charge in [-0.15, -0.1) is 0 Å². The summed E-state index contributed by atoms with van der Waals surface area (Å²) < 4.78 is 0. The number of hydrogen-bond donors (Lipinski definition) is 0. The van der Waals surface area contributed by atoms with Crippen molar-refractivity contribution < 1.29 is 59.9 Å². The van der Waals surface area contributed by atoms with Gasteiger partial charge in [-0.25, -0.2) is 0 Å². The molecule has 0 aliphatic rings. The summed E-state index contributed by atoms with van der Waals surface area (Å²) in [6.07, 6.45) is 0. The predicted octanol–water partition coefficient (Wildman–Crippen LogP) is -3.74. The average Bonchev–Trinajstić information content (AvgIpc) is 2.03. The minimum atomic E-state index is 0. The smallest absolute Gasteiger partial charge is 0.106 e. The first-order chi connectivity index (χ1) is 4.00. The van der Waals surface area contributed by atoms with Gasteiger partial charge in [0.15, 0.2) is 0 Å². The van der Waals surface area contributed by atoms with Crippen molar-refractivity contribution >= 4 is 27.2 Å². The van der Waals surface area contributed by atoms with E-state index in [0.29, 0.717) is 0 Å². The zero-order valence-corrected chi connectivity index (χ0v) is 8.37. The summed E-state index contributed by atoms with van der Waals surface area (Å²) in [7, 11) is 0. The van der Waals surface area contributed by atoms with E-state index < -0.39 is 0 Å². The van der Waals surface area contributed by atoms with Crippen LogP contribution in [0.15, 0.2) is 0 Å². The van der Waals surface area contributed by atoms with Gasteiger partial charge in [-0.1, -0.05) is 0 Å². The van der Waals surface area contributed by atoms with Gasteiger partial charge >= 0.3 is 0 Å². The summed E-state index contributed by atoms with van der Waals surface area (Å²) in [6.45, 7) is 8.00. The Balaban J connectivity index is -0.00000000500. The Morgan fingerprint density at radius 3 is 0.500 bits per heavy atom. The summed E-state index contributed by atoms with van der Waals surface area (Å²) in [4.78, 5) is 32.0. The van der Waals surface area contributed by atoms with E-state index in [4.69, 9.17) is 19.2 Å². The molecule has 0 atom stereocenters. The van der Waals surface area contributed by atoms with Crippen LogP contribution in [0.2, 0.25) is 0 Å². The van der Waals surface area contributed by atoms with Gasteiger partial charge in [0.2, 0.25) is 0 Å². The van der Waals surface area contributed by atoms with Gasteiger partial charge in [-0.3, -0.25) is 0 Å². The normalized spacial score (nSPS) is 1.60. The van der Waals surface area contributed by atoms with Gasteiger partial charge in [0.25, 0.3) is 0 Å². The van der Waals surface area contributed by atoms with E-state index in [9.17, 15) is 0 Å². The molecule has 0 unspecified atom stereocenters. The fraction of sp³-hybridized carbons (Fsp3) is 0. The van der Waals surface area contributed by atoms with Crippen LogP contribution in [0, 0.1) is 0 Å². The summed E-state index contributed by atoms with van der Waals surface area (Å²) in [6, 6.07) is 0. The Kier molecular flexibility index (Phi) is 412000. The first-order valence-corrected chi connectivity index (χ1v) is 1.15. The molecule has 0 saturated heterocycles. The van der Waals surface area contributed by atoms with Gasteiger partial charge < -0.3 is 43.2 Å². The Morgan fingerprint density at radius 2 is 0.500 bits per heavy atom. The molecule has 0 aliphatic heterocycles. The largest absolute Gasteiger partial charge is 1.00 e. The molecule has 0 rings (SSSR count). The van der Waals surface area contributed by atoms with Crippen molar-refractivity contribution in [3.63, 3.8) is 0 Å². The molecule has 1 radical (unpaired) electrons. The molecule has 65 valence electrons. The van der Waals surface area contributed by atoms with Crippen LogP contribution in [0.3, 0.4) is 0 Å². The molecule has 10 heavy (non-hydrogen) atoms. The topological polar surface area (TPSA) is 68.3 Å². The summed E-state index contributed by atoms with van der Waals surface area (Å²) in [5, 5.41) is 0. The molecule has 4 nitrogen and oxygen atoms in total. The standard InChI is InChI=1S/4CH2O.Co.HI/c4*1-2;;/h4*1H2;;1H/p-1. The molecule has 0 heterocycles. The van der Waals surface area contributed by atoms with Gasteiger partial charge in [0.1, 0.15) is 27.2 Å². The quantitative estimate of drug-likeness (QED) is 0.432. The van der Waals surface area contributed by atoms with Crippen molar-refractivity contribution in [3.05, 3.63) is 0 Å². The Labute approximate surface area is 87.0 Å². The molecule has 0 aromatic heterocycles. The minimum Gasteiger partial charge on any atom is -1.00 e. The molecule has 0 amide bonds. The van der Waals surface area contributed by atoms with Gasteiger partial charge in [0, 0.05) is 16.8 Å². The van der Waals surface area contributed by atoms with Crippen molar-refractivity contribution in [2.45, 2.75) is 0 Å². The second-order valence-electron chi connectivity index (χ2n) is 0. The van der Waals surface area contributed by atoms with E-state index in [-0.39, 0.29) is 40.8 Å². The molecule has 0 aromatic rings. The maximum absolute atomic E-state index is 8.00. The molecular weight excluding hydrogens is 298 g/mol. The van der Waals surface area contributed by atoms with Gasteiger partial charge in [-0.2, -0.15) is 0 Å². The monoisotopic (exact) mass is 306 g/mol. The van der Waals surface area contributed by atoms with Crippen molar-refractivity contribution in [3.8, 4) is 0 Å². The van der Waals surface area contributed by atoms with Crippen molar-refractivity contribution in [2.75, 3.05) is 0 Å². The molecule has 0 saturated carbocycles. The SMILES string of the molecule is C=O.C=O.C=O.C=O.[Co].[I-]. The number of carbonyl (C=O) groups is 4. The molecule has 0 aliphatic carbocycles. The maximum Gasteiger partial charge on any atom is 0.106 e. The maximum atomic E-state index is 8.00. The van der Waals surface area contributed by atoms with E-state index in [1.54, 1.807) is 0 Å². The van der Waals surface area contributed by atoms with E-state index in [1.807, 2.05) is 27.2 Å². The molecule has 0 bridgehead atoms. The number of halogens is 1. The molecule has 0 fully saturated rings. The molecule has 0 spiro atoms. The van der Waals surface area contributed by atoms with E-state index in [1.165, 1.54) is 0 Å². The summed E-state index contributed by atoms with van der Waals surface area (Å²) >= 11 is 0. The minimum absolute atomic E-state index is 0. The van der Waals surface area contributed by atoms with Gasteiger partial charge in [-0.05, 0) is 0 Å². The Bertz CT molecular complexity index is 25.2. The molecule has 6 heteroatoms. The van der Waals surface area contributed by atoms with Crippen LogP contribution in [0.5, 0.6) is 0 Å². The zero-order valence-electron chi connectivity index (χ0n) is 5.17. The fourth-order valence-corrected chi connectivity index (χ4v) is 0. The molecular formula is C4H8CoIO4-. The Hall–Kier alpha value is -0.0835. The van der Waals surface area contributed by atoms with Crippen LogP contribution in [-0.4, -0.2) is 27.2 Å². The third kappa shape index (κ3) is 54300. The Morgan fingerprint density at radius 1 is 0.500 bits per heavy atom. The van der Waals surface area contributed by atoms with Crippen LogP contribution >= 0.6 is 0 Å². The number of carbonyl (C=O) groups excluding carboxylic acids is 4. The predicted molar refractivity (Wildman–Crippen MR) is 28.5 cm³/mol. The number of hydrogen-bond acceptors (Lipinski definition) is 4. The fourth-order valence-electron chi connectivity index (χ4n) is 0. The van der Waals surface area contributed by atoms with Crippen LogP contribution in [-0.2, 0) is 36.0 Å². The van der Waals surface area contributed by atoms with E-state index in [0.717, 1.165) is 0 Å². The van der Waals surface area contributed by atoms with Crippen LogP contribution in [0.1, 0.15) is 0 Å². The molecule has 0 N–H and O–H groups in total. The summed E-state index contributed by atoms with van der Waals surface area (Å²) in [5.41, 5.74) is 0. The average molecular weight is 306 g/mol. The first kappa shape index (κ1) is 51.4. The van der Waals surface area contributed by atoms with E-state index in [2.05, 4.69) is 0 Å². The first-order valence-electron chi connectivity index (χ1n) is 1.15. The third-order valence-electron chi connectivity index (χ3n) is 0. The van der Waals surface area contributed by atoms with Gasteiger partial charge in [0.05, 0.1) is 0 Å². The summed E-state index contributed by atoms with van der Waals surface area (Å²) in [5.74, 6) is 0. The zero-order chi connectivity index (χ0) is 8.00. The van der Waals surface area contributed by atoms with Crippen LogP contribution in [0.25, 0.3) is 0 Å². The van der Waals surface area contributed by atoms with E-state index >= 15 is 0 Å². The van der Waals surface area contributed by atoms with Crippen molar-refractivity contribution in [1.82, 2.24) is 0 Å². The van der Waals surface area contributed by atoms with Crippen LogP contribution in [0.4, 0.5) is 0 Å². The third-order valence-corrected chi connectivity index (χ3v) is 0. The second kappa shape index (κ2) is 80100. The van der Waals surface area contributed by atoms with Crippen LogP contribution < -0.4 is 24.0 Å². The molecule has 0 aromatic carbocycles. The second-order valence-corrected chi connectivity index (χ2v) is 0. The van der Waals surface area contributed by atoms with Crippen molar-refractivity contribution in [1.29, 1.82) is 0 Å².